The zero-order valence-electron chi connectivity index (χ0n) is 18.0. The van der Waals surface area contributed by atoms with E-state index in [0.29, 0.717) is 48.3 Å². The highest BCUT2D eigenvalue weighted by molar-refractivity contribution is 6.05. The van der Waals surface area contributed by atoms with Crippen LogP contribution in [0.4, 0.5) is 8.78 Å². The van der Waals surface area contributed by atoms with Crippen LogP contribution in [0.15, 0.2) is 18.2 Å². The van der Waals surface area contributed by atoms with E-state index >= 15 is 0 Å². The highest BCUT2D eigenvalue weighted by Gasteiger charge is 2.47. The third-order valence-electron chi connectivity index (χ3n) is 6.87. The molecule has 0 radical (unpaired) electrons. The van der Waals surface area contributed by atoms with Crippen molar-refractivity contribution in [1.82, 2.24) is 15.5 Å². The molecule has 1 unspecified atom stereocenters. The van der Waals surface area contributed by atoms with Crippen molar-refractivity contribution < 1.29 is 28.0 Å². The molecule has 0 aromatic heterocycles. The summed E-state index contributed by atoms with van der Waals surface area (Å²) in [6, 6.07) is 4.18. The molecule has 3 aliphatic rings. The normalized spacial score (nSPS) is 26.0. The van der Waals surface area contributed by atoms with E-state index in [2.05, 4.69) is 10.6 Å². The zero-order chi connectivity index (χ0) is 23.0. The van der Waals surface area contributed by atoms with Gasteiger partial charge in [-0.05, 0) is 42.4 Å². The number of carbonyl (C=O) groups is 4. The highest BCUT2D eigenvalue weighted by atomic mass is 19.3. The Bertz CT molecular complexity index is 957. The van der Waals surface area contributed by atoms with Crippen LogP contribution >= 0.6 is 0 Å². The Morgan fingerprint density at radius 2 is 1.88 bits per heavy atom. The molecule has 9 heteroatoms. The van der Waals surface area contributed by atoms with Crippen molar-refractivity contribution in [1.29, 1.82) is 0 Å². The number of hydrogen-bond donors (Lipinski definition) is 2. The summed E-state index contributed by atoms with van der Waals surface area (Å²) in [5, 5.41) is 4.60. The first-order valence-electron chi connectivity index (χ1n) is 11.1. The molecule has 1 saturated carbocycles. The number of nitrogens with zero attached hydrogens (tertiary/aromatic N) is 1. The highest BCUT2D eigenvalue weighted by Crippen LogP contribution is 2.38. The number of imide groups is 1. The van der Waals surface area contributed by atoms with Gasteiger partial charge in [0, 0.05) is 31.0 Å². The van der Waals surface area contributed by atoms with Gasteiger partial charge in [0.25, 0.3) is 11.8 Å². The number of carbonyl (C=O) groups excluding carboxylic acids is 4. The van der Waals surface area contributed by atoms with Crippen molar-refractivity contribution in [2.45, 2.75) is 70.5 Å². The van der Waals surface area contributed by atoms with Crippen molar-refractivity contribution in [2.24, 2.45) is 11.8 Å². The summed E-state index contributed by atoms with van der Waals surface area (Å²) in [5.74, 6) is -6.34. The molecule has 1 aromatic rings. The van der Waals surface area contributed by atoms with Gasteiger partial charge in [0.1, 0.15) is 6.04 Å². The quantitative estimate of drug-likeness (QED) is 0.678. The molecule has 0 bridgehead atoms. The predicted octanol–water partition coefficient (Wildman–Crippen LogP) is 2.53. The summed E-state index contributed by atoms with van der Waals surface area (Å²) in [4.78, 5) is 49.9. The van der Waals surface area contributed by atoms with Gasteiger partial charge in [-0.1, -0.05) is 31.9 Å². The molecule has 1 saturated heterocycles. The van der Waals surface area contributed by atoms with Crippen LogP contribution in [0.5, 0.6) is 0 Å². The Balaban J connectivity index is 1.38. The van der Waals surface area contributed by atoms with Gasteiger partial charge < -0.3 is 10.2 Å². The fourth-order valence-electron chi connectivity index (χ4n) is 4.85. The topological polar surface area (TPSA) is 95.6 Å². The Hall–Kier alpha value is -2.84. The van der Waals surface area contributed by atoms with Crippen molar-refractivity contribution in [3.05, 3.63) is 34.9 Å². The molecule has 0 spiro atoms. The molecule has 2 aliphatic heterocycles. The van der Waals surface area contributed by atoms with Gasteiger partial charge in [-0.2, -0.15) is 8.78 Å². The number of alkyl halides is 2. The van der Waals surface area contributed by atoms with Crippen LogP contribution in [0.25, 0.3) is 0 Å². The van der Waals surface area contributed by atoms with Gasteiger partial charge in [0.15, 0.2) is 0 Å². The molecule has 2 heterocycles. The lowest BCUT2D eigenvalue weighted by atomic mass is 9.79. The van der Waals surface area contributed by atoms with E-state index in [1.54, 1.807) is 18.2 Å². The molecule has 4 amide bonds. The number of nitrogens with one attached hydrogen (secondary N) is 2. The van der Waals surface area contributed by atoms with E-state index in [0.717, 1.165) is 0 Å². The third-order valence-corrected chi connectivity index (χ3v) is 6.87. The molecule has 1 atom stereocenters. The van der Waals surface area contributed by atoms with Crippen LogP contribution in [-0.4, -0.2) is 40.5 Å². The fraction of sp³-hybridized carbons (Fsp3) is 0.565. The average molecular weight is 447 g/mol. The van der Waals surface area contributed by atoms with Crippen LogP contribution in [0, 0.1) is 11.8 Å². The second kappa shape index (κ2) is 8.60. The summed E-state index contributed by atoms with van der Waals surface area (Å²) in [5.41, 5.74) is 1.70. The van der Waals surface area contributed by atoms with E-state index in [9.17, 15) is 28.0 Å². The molecular weight excluding hydrogens is 420 g/mol. The summed E-state index contributed by atoms with van der Waals surface area (Å²) in [7, 11) is 0. The first-order chi connectivity index (χ1) is 15.2. The monoisotopic (exact) mass is 447 g/mol. The maximum Gasteiger partial charge on any atom is 0.327 e. The first kappa shape index (κ1) is 22.4. The SMILES string of the molecule is CC1CCC(C(F)(F)C(=O)NCc2ccc3c(c2)CN(C2CCC(=O)NC2=O)C3=O)CC1. The van der Waals surface area contributed by atoms with Crippen LogP contribution in [-0.2, 0) is 27.5 Å². The molecule has 1 aromatic carbocycles. The number of piperidine rings is 1. The van der Waals surface area contributed by atoms with E-state index in [1.165, 1.54) is 4.90 Å². The Kier molecular flexibility index (Phi) is 6.01. The van der Waals surface area contributed by atoms with Gasteiger partial charge in [-0.3, -0.25) is 24.5 Å². The lowest BCUT2D eigenvalue weighted by Gasteiger charge is -2.31. The number of benzene rings is 1. The molecule has 172 valence electrons. The summed E-state index contributed by atoms with van der Waals surface area (Å²) >= 11 is 0. The Labute approximate surface area is 184 Å². The molecular formula is C23H27F2N3O4. The molecule has 2 fully saturated rings. The van der Waals surface area contributed by atoms with Crippen LogP contribution in [0.3, 0.4) is 0 Å². The maximum absolute atomic E-state index is 14.6. The second-order valence-corrected chi connectivity index (χ2v) is 9.15. The lowest BCUT2D eigenvalue weighted by molar-refractivity contribution is -0.156. The van der Waals surface area contributed by atoms with E-state index < -0.39 is 29.7 Å². The Morgan fingerprint density at radius 1 is 1.16 bits per heavy atom. The average Bonchev–Trinajstić information content (AvgIpc) is 3.08. The van der Waals surface area contributed by atoms with Gasteiger partial charge >= 0.3 is 5.92 Å². The molecule has 4 rings (SSSR count). The number of rotatable bonds is 5. The predicted molar refractivity (Wildman–Crippen MR) is 110 cm³/mol. The fourth-order valence-corrected chi connectivity index (χ4v) is 4.85. The second-order valence-electron chi connectivity index (χ2n) is 9.15. The van der Waals surface area contributed by atoms with Crippen molar-refractivity contribution in [2.75, 3.05) is 0 Å². The van der Waals surface area contributed by atoms with Crippen molar-refractivity contribution in [3.63, 3.8) is 0 Å². The van der Waals surface area contributed by atoms with Crippen LogP contribution in [0.2, 0.25) is 0 Å². The van der Waals surface area contributed by atoms with E-state index in [4.69, 9.17) is 0 Å². The number of amides is 4. The lowest BCUT2D eigenvalue weighted by Crippen LogP contribution is -2.52. The van der Waals surface area contributed by atoms with Gasteiger partial charge in [-0.15, -0.1) is 0 Å². The van der Waals surface area contributed by atoms with Crippen LogP contribution < -0.4 is 10.6 Å². The molecule has 32 heavy (non-hydrogen) atoms. The Morgan fingerprint density at radius 3 is 2.56 bits per heavy atom. The molecule has 1 aliphatic carbocycles. The smallest absolute Gasteiger partial charge is 0.327 e. The van der Waals surface area contributed by atoms with E-state index in [-0.39, 0.29) is 37.7 Å². The van der Waals surface area contributed by atoms with Crippen molar-refractivity contribution in [3.8, 4) is 0 Å². The standard InChI is InChI=1S/C23H27F2N3O4/c1-13-2-5-16(6-3-13)23(24,25)22(32)26-11-14-4-7-17-15(10-14)12-28(21(17)31)18-8-9-19(29)27-20(18)30/h4,7,10,13,16,18H,2-3,5-6,8-9,11-12H2,1H3,(H,26,32)(H,27,29,30). The summed E-state index contributed by atoms with van der Waals surface area (Å²) < 4.78 is 29.2. The van der Waals surface area contributed by atoms with Gasteiger partial charge in [-0.25, -0.2) is 0 Å². The van der Waals surface area contributed by atoms with Crippen molar-refractivity contribution >= 4 is 23.6 Å². The minimum atomic E-state index is -3.41. The zero-order valence-corrected chi connectivity index (χ0v) is 18.0. The first-order valence-corrected chi connectivity index (χ1v) is 11.1. The minimum Gasteiger partial charge on any atom is -0.347 e. The largest absolute Gasteiger partial charge is 0.347 e. The maximum atomic E-state index is 14.6. The third kappa shape index (κ3) is 4.25. The molecule has 2 N–H and O–H groups in total. The van der Waals surface area contributed by atoms with Crippen LogP contribution in [0.1, 0.15) is 66.9 Å². The minimum absolute atomic E-state index is 0.0720. The number of hydrogen-bond acceptors (Lipinski definition) is 4. The molecule has 7 nitrogen and oxygen atoms in total. The number of halogens is 2. The van der Waals surface area contributed by atoms with Gasteiger partial charge in [0.05, 0.1) is 0 Å². The van der Waals surface area contributed by atoms with E-state index in [1.807, 2.05) is 6.92 Å². The summed E-state index contributed by atoms with van der Waals surface area (Å²) in [6.45, 7) is 2.16. The summed E-state index contributed by atoms with van der Waals surface area (Å²) in [6.07, 6.45) is 2.54. The number of fused-ring (bicyclic) bond motifs is 1. The van der Waals surface area contributed by atoms with Gasteiger partial charge in [0.2, 0.25) is 11.8 Å².